The van der Waals surface area contributed by atoms with Crippen molar-refractivity contribution >= 4 is 34.6 Å². The molecule has 0 aliphatic rings. The van der Waals surface area contributed by atoms with Crippen LogP contribution in [0, 0.1) is 0 Å². The average Bonchev–Trinajstić information content (AvgIpc) is 2.77. The number of aryl methyl sites for hydroxylation is 2. The maximum absolute atomic E-state index is 10.8. The third-order valence-electron chi connectivity index (χ3n) is 4.02. The second-order valence-corrected chi connectivity index (χ2v) is 7.12. The summed E-state index contributed by atoms with van der Waals surface area (Å²) >= 11 is -2.88. The normalized spacial score (nSPS) is 10.3. The summed E-state index contributed by atoms with van der Waals surface area (Å²) in [4.78, 5) is 21.3. The Morgan fingerprint density at radius 3 is 1.79 bits per heavy atom. The number of hydrogen-bond donors (Lipinski definition) is 4. The van der Waals surface area contributed by atoms with E-state index in [1.54, 1.807) is 0 Å². The van der Waals surface area contributed by atoms with E-state index in [1.807, 2.05) is 48.5 Å². The molecule has 0 aliphatic heterocycles. The zero-order valence-corrected chi connectivity index (χ0v) is 19.5. The smallest absolute Gasteiger partial charge is 0.305 e. The van der Waals surface area contributed by atoms with E-state index in [0.29, 0.717) is 12.8 Å². The van der Waals surface area contributed by atoms with Crippen LogP contribution in [0.25, 0.3) is 0 Å². The number of esters is 1. The van der Waals surface area contributed by atoms with Crippen molar-refractivity contribution in [1.29, 1.82) is 0 Å². The largest absolute Gasteiger partial charge is 0.750 e. The molecule has 2 rings (SSSR count). The van der Waals surface area contributed by atoms with Gasteiger partial charge in [-0.1, -0.05) is 24.3 Å². The molecule has 10 N–H and O–H groups in total. The van der Waals surface area contributed by atoms with Gasteiger partial charge in [0, 0.05) is 18.5 Å². The number of nitrogens with two attached hydrogens (primary N) is 2. The maximum atomic E-state index is 10.8. The molecule has 0 fully saturated rings. The zero-order valence-electron chi connectivity index (χ0n) is 18.7. The average molecular weight is 486 g/mol. The van der Waals surface area contributed by atoms with Gasteiger partial charge in [0.25, 0.3) is 0 Å². The van der Waals surface area contributed by atoms with Crippen LogP contribution in [0.2, 0.25) is 0 Å². The summed E-state index contributed by atoms with van der Waals surface area (Å²) < 4.78 is 24.6. The number of amides is 1. The van der Waals surface area contributed by atoms with Crippen molar-refractivity contribution in [3.63, 3.8) is 0 Å². The van der Waals surface area contributed by atoms with Crippen LogP contribution < -0.4 is 28.6 Å². The number of carbonyl (C=O) groups excluding carboxylic acids is 2. The Balaban J connectivity index is 0. The van der Waals surface area contributed by atoms with E-state index in [0.717, 1.165) is 37.1 Å². The Labute approximate surface area is 196 Å². The fraction of sp³-hybridized carbons (Fsp3) is 0.333. The number of benzene rings is 2. The van der Waals surface area contributed by atoms with Gasteiger partial charge >= 0.3 is 5.97 Å². The second kappa shape index (κ2) is 19.8. The summed E-state index contributed by atoms with van der Waals surface area (Å²) in [7, 11) is 1.42. The van der Waals surface area contributed by atoms with Crippen molar-refractivity contribution in [2.24, 2.45) is 5.73 Å². The van der Waals surface area contributed by atoms with Gasteiger partial charge in [-0.05, 0) is 61.1 Å². The number of nitrogen functional groups attached to an aromatic ring is 1. The van der Waals surface area contributed by atoms with E-state index >= 15 is 0 Å². The molecule has 1 unspecified atom stereocenters. The molecule has 0 saturated carbocycles. The molecular weight excluding hydrogens is 452 g/mol. The lowest BCUT2D eigenvalue weighted by Crippen LogP contribution is -2.39. The van der Waals surface area contributed by atoms with Crippen molar-refractivity contribution < 1.29 is 38.4 Å². The molecule has 33 heavy (non-hydrogen) atoms. The lowest BCUT2D eigenvalue weighted by atomic mass is 10.1. The highest BCUT2D eigenvalue weighted by Crippen LogP contribution is 2.09. The monoisotopic (exact) mass is 485 g/mol. The standard InChI is InChI=1S/C11H15NO2.C10H14N2O.H3N.H2O4S/c1-14-11(13)4-2-3-9-5-7-10(12)8-6-9;11-9-6-4-8(5-7-9)2-1-3-10(12)13;;1-4-5(2)3/h5-8H,2-4,12H2,1H3;4-7H,1-3,11H2,(H2,12,13);1H3;1H,(H,2,3)/p-1. The number of hydrogen-bond acceptors (Lipinski definition) is 9. The maximum Gasteiger partial charge on any atom is 0.305 e. The van der Waals surface area contributed by atoms with E-state index in [2.05, 4.69) is 14.8 Å². The number of carbonyl (C=O) groups is 2. The molecule has 2 aromatic carbocycles. The molecular formula is C21H33N4O7S-. The number of methoxy groups -OCH3 is 1. The van der Waals surface area contributed by atoms with Gasteiger partial charge in [0.15, 0.2) is 0 Å². The summed E-state index contributed by atoms with van der Waals surface area (Å²) in [5.41, 5.74) is 18.6. The zero-order chi connectivity index (χ0) is 24.4. The van der Waals surface area contributed by atoms with E-state index in [4.69, 9.17) is 25.5 Å². The van der Waals surface area contributed by atoms with Crippen LogP contribution in [0.1, 0.15) is 36.8 Å². The minimum atomic E-state index is -2.88. The van der Waals surface area contributed by atoms with Crippen LogP contribution in [0.5, 0.6) is 0 Å². The third-order valence-corrected chi connectivity index (χ3v) is 4.13. The predicted octanol–water partition coefficient (Wildman–Crippen LogP) is 0.367. The highest BCUT2D eigenvalue weighted by Gasteiger charge is 2.00. The van der Waals surface area contributed by atoms with Gasteiger partial charge in [-0.3, -0.25) is 9.59 Å². The Bertz CT molecular complexity index is 818. The molecule has 1 atom stereocenters. The highest BCUT2D eigenvalue weighted by molar-refractivity contribution is 7.73. The number of ether oxygens (including phenoxy) is 1. The van der Waals surface area contributed by atoms with Crippen molar-refractivity contribution in [3.8, 4) is 0 Å². The molecule has 11 nitrogen and oxygen atoms in total. The molecule has 0 saturated heterocycles. The van der Waals surface area contributed by atoms with Crippen LogP contribution >= 0.6 is 0 Å². The molecule has 0 bridgehead atoms. The SMILES string of the molecule is COC(=O)CCCc1ccc([NH3+])cc1.N.NC(=O)CCCc1ccc(N)cc1.O=S([O-])O[O-]. The van der Waals surface area contributed by atoms with E-state index in [9.17, 15) is 9.59 Å². The van der Waals surface area contributed by atoms with Crippen molar-refractivity contribution in [3.05, 3.63) is 59.7 Å². The van der Waals surface area contributed by atoms with Gasteiger partial charge in [-0.25, -0.2) is 4.21 Å². The van der Waals surface area contributed by atoms with Gasteiger partial charge in [-0.15, -0.1) is 0 Å². The minimum Gasteiger partial charge on any atom is -0.750 e. The first-order chi connectivity index (χ1) is 15.2. The highest BCUT2D eigenvalue weighted by atomic mass is 32.2. The molecule has 0 aliphatic carbocycles. The minimum absolute atomic E-state index is 0. The molecule has 0 aromatic heterocycles. The number of quaternary nitrogens is 1. The Kier molecular flexibility index (Phi) is 19.4. The van der Waals surface area contributed by atoms with Crippen LogP contribution in [0.4, 0.5) is 11.4 Å². The van der Waals surface area contributed by atoms with Gasteiger partial charge in [-0.2, -0.15) is 0 Å². The molecule has 0 spiro atoms. The van der Waals surface area contributed by atoms with Gasteiger partial charge in [0.05, 0.1) is 18.5 Å². The first-order valence-corrected chi connectivity index (χ1v) is 10.7. The van der Waals surface area contributed by atoms with Gasteiger partial charge in [0.1, 0.15) is 5.69 Å². The topological polar surface area (TPSA) is 230 Å². The van der Waals surface area contributed by atoms with Crippen LogP contribution in [-0.2, 0) is 42.9 Å². The fourth-order valence-electron chi connectivity index (χ4n) is 2.40. The van der Waals surface area contributed by atoms with Crippen molar-refractivity contribution in [2.45, 2.75) is 38.5 Å². The number of primary amides is 1. The summed E-state index contributed by atoms with van der Waals surface area (Å²) in [6.07, 6.45) is 4.37. The Morgan fingerprint density at radius 1 is 0.970 bits per heavy atom. The molecule has 1 amide bonds. The Morgan fingerprint density at radius 2 is 1.39 bits per heavy atom. The Hall–Kier alpha value is -2.87. The summed E-state index contributed by atoms with van der Waals surface area (Å²) in [6, 6.07) is 15.7. The molecule has 186 valence electrons. The van der Waals surface area contributed by atoms with Crippen LogP contribution in [-0.4, -0.2) is 27.7 Å². The number of rotatable bonds is 9. The lowest BCUT2D eigenvalue weighted by Gasteiger charge is -2.05. The van der Waals surface area contributed by atoms with Crippen LogP contribution in [0.3, 0.4) is 0 Å². The third kappa shape index (κ3) is 19.5. The molecule has 2 aromatic rings. The first-order valence-electron chi connectivity index (χ1n) is 9.68. The summed E-state index contributed by atoms with van der Waals surface area (Å²) in [6.45, 7) is 0. The van der Waals surface area contributed by atoms with Gasteiger partial charge < -0.3 is 42.2 Å². The van der Waals surface area contributed by atoms with E-state index < -0.39 is 11.4 Å². The lowest BCUT2D eigenvalue weighted by molar-refractivity contribution is -0.635. The van der Waals surface area contributed by atoms with E-state index in [-0.39, 0.29) is 18.0 Å². The molecule has 12 heteroatoms. The quantitative estimate of drug-likeness (QED) is 0.126. The van der Waals surface area contributed by atoms with Crippen molar-refractivity contribution in [1.82, 2.24) is 6.15 Å². The van der Waals surface area contributed by atoms with E-state index in [1.165, 1.54) is 18.2 Å². The van der Waals surface area contributed by atoms with Crippen molar-refractivity contribution in [2.75, 3.05) is 12.8 Å². The summed E-state index contributed by atoms with van der Waals surface area (Å²) in [5.74, 6) is -0.380. The second-order valence-electron chi connectivity index (χ2n) is 6.58. The first kappa shape index (κ1) is 32.3. The molecule has 0 radical (unpaired) electrons. The molecule has 0 heterocycles. The van der Waals surface area contributed by atoms with Crippen LogP contribution in [0.15, 0.2) is 48.5 Å². The van der Waals surface area contributed by atoms with Gasteiger partial charge in [0.2, 0.25) is 5.91 Å². The summed E-state index contributed by atoms with van der Waals surface area (Å²) in [5, 5.41) is 8.52. The fourth-order valence-corrected chi connectivity index (χ4v) is 2.40. The number of anilines is 1. The predicted molar refractivity (Wildman–Crippen MR) is 122 cm³/mol.